The van der Waals surface area contributed by atoms with Crippen molar-refractivity contribution in [2.45, 2.75) is 32.4 Å². The monoisotopic (exact) mass is 217 g/mol. The second-order valence-corrected chi connectivity index (χ2v) is 4.73. The van der Waals surface area contributed by atoms with Gasteiger partial charge in [0.2, 0.25) is 0 Å². The fourth-order valence-corrected chi connectivity index (χ4v) is 1.40. The third-order valence-electron chi connectivity index (χ3n) is 2.14. The van der Waals surface area contributed by atoms with E-state index in [9.17, 15) is 4.79 Å². The number of aliphatic hydroxyl groups excluding tert-OH is 1. The summed E-state index contributed by atoms with van der Waals surface area (Å²) >= 11 is 0. The highest BCUT2D eigenvalue weighted by molar-refractivity contribution is 5.68. The molecule has 2 N–H and O–H groups in total. The lowest BCUT2D eigenvalue weighted by Crippen LogP contribution is -2.43. The molecule has 0 spiro atoms. The molecule has 0 unspecified atom stereocenters. The number of hydrogen-bond acceptors (Lipinski definition) is 4. The molecule has 1 aliphatic rings. The van der Waals surface area contributed by atoms with E-state index in [0.717, 1.165) is 0 Å². The Morgan fingerprint density at radius 2 is 2.20 bits per heavy atom. The van der Waals surface area contributed by atoms with E-state index < -0.39 is 11.7 Å². The average Bonchev–Trinajstić information content (AvgIpc) is 2.48. The Labute approximate surface area is 89.8 Å². The van der Waals surface area contributed by atoms with E-state index in [0.29, 0.717) is 13.2 Å². The van der Waals surface area contributed by atoms with E-state index >= 15 is 0 Å². The fourth-order valence-electron chi connectivity index (χ4n) is 1.40. The molecule has 0 aromatic heterocycles. The van der Waals surface area contributed by atoms with Gasteiger partial charge in [0.25, 0.3) is 0 Å². The number of amides is 1. The van der Waals surface area contributed by atoms with Gasteiger partial charge in [-0.2, -0.15) is 0 Å². The number of hydrogen-bond donors (Lipinski definition) is 2. The molecule has 1 aliphatic heterocycles. The predicted molar refractivity (Wildman–Crippen MR) is 54.6 cm³/mol. The van der Waals surface area contributed by atoms with Gasteiger partial charge in [-0.05, 0) is 20.8 Å². The standard InChI is InChI=1S/C10H19NO4/c1-10(2,3)15-9(13)11-8-6-14-5-7(8)4-12/h7-8,12H,4-6H2,1-3H3,(H,11,13)/t7-,8-/m1/s1. The zero-order chi connectivity index (χ0) is 11.5. The van der Waals surface area contributed by atoms with Gasteiger partial charge in [-0.3, -0.25) is 0 Å². The molecule has 0 aliphatic carbocycles. The van der Waals surface area contributed by atoms with Crippen LogP contribution < -0.4 is 5.32 Å². The molecule has 0 aromatic carbocycles. The number of ether oxygens (including phenoxy) is 2. The molecule has 0 aromatic rings. The van der Waals surface area contributed by atoms with E-state index in [1.54, 1.807) is 20.8 Å². The van der Waals surface area contributed by atoms with E-state index in [-0.39, 0.29) is 18.6 Å². The van der Waals surface area contributed by atoms with Crippen LogP contribution >= 0.6 is 0 Å². The number of carbonyl (C=O) groups is 1. The van der Waals surface area contributed by atoms with Crippen molar-refractivity contribution < 1.29 is 19.4 Å². The van der Waals surface area contributed by atoms with Crippen molar-refractivity contribution in [1.29, 1.82) is 0 Å². The third-order valence-corrected chi connectivity index (χ3v) is 2.14. The van der Waals surface area contributed by atoms with Crippen molar-refractivity contribution in [2.24, 2.45) is 5.92 Å². The van der Waals surface area contributed by atoms with Crippen LogP contribution in [0.2, 0.25) is 0 Å². The quantitative estimate of drug-likeness (QED) is 0.707. The largest absolute Gasteiger partial charge is 0.444 e. The Balaban J connectivity index is 2.37. The lowest BCUT2D eigenvalue weighted by atomic mass is 10.1. The number of alkyl carbamates (subject to hydrolysis) is 1. The van der Waals surface area contributed by atoms with Crippen LogP contribution in [0.3, 0.4) is 0 Å². The van der Waals surface area contributed by atoms with Crippen molar-refractivity contribution in [1.82, 2.24) is 5.32 Å². The summed E-state index contributed by atoms with van der Waals surface area (Å²) in [7, 11) is 0. The Kier molecular flexibility index (Phi) is 3.93. The first kappa shape index (κ1) is 12.3. The first-order chi connectivity index (χ1) is 6.92. The van der Waals surface area contributed by atoms with E-state index in [1.165, 1.54) is 0 Å². The maximum absolute atomic E-state index is 11.4. The molecule has 5 heteroatoms. The van der Waals surface area contributed by atoms with E-state index in [1.807, 2.05) is 0 Å². The molecule has 1 saturated heterocycles. The van der Waals surface area contributed by atoms with Crippen molar-refractivity contribution in [3.63, 3.8) is 0 Å². The molecule has 15 heavy (non-hydrogen) atoms. The van der Waals surface area contributed by atoms with Crippen molar-refractivity contribution in [3.8, 4) is 0 Å². The molecular weight excluding hydrogens is 198 g/mol. The Morgan fingerprint density at radius 1 is 1.53 bits per heavy atom. The average molecular weight is 217 g/mol. The van der Waals surface area contributed by atoms with Crippen LogP contribution in [0.4, 0.5) is 4.79 Å². The van der Waals surface area contributed by atoms with Crippen LogP contribution in [-0.2, 0) is 9.47 Å². The Bertz CT molecular complexity index is 224. The van der Waals surface area contributed by atoms with Gasteiger partial charge < -0.3 is 19.9 Å². The third kappa shape index (κ3) is 4.05. The summed E-state index contributed by atoms with van der Waals surface area (Å²) in [6.07, 6.45) is -0.462. The molecule has 88 valence electrons. The second kappa shape index (κ2) is 4.81. The number of aliphatic hydroxyl groups is 1. The minimum Gasteiger partial charge on any atom is -0.444 e. The second-order valence-electron chi connectivity index (χ2n) is 4.73. The van der Waals surface area contributed by atoms with Gasteiger partial charge in [-0.25, -0.2) is 4.79 Å². The summed E-state index contributed by atoms with van der Waals surface area (Å²) in [5.41, 5.74) is -0.502. The van der Waals surface area contributed by atoms with Crippen molar-refractivity contribution in [2.75, 3.05) is 19.8 Å². The first-order valence-electron chi connectivity index (χ1n) is 5.10. The van der Waals surface area contributed by atoms with Crippen LogP contribution in [0.25, 0.3) is 0 Å². The highest BCUT2D eigenvalue weighted by Crippen LogP contribution is 2.14. The zero-order valence-corrected chi connectivity index (χ0v) is 9.45. The maximum atomic E-state index is 11.4. The minimum atomic E-state index is -0.502. The summed E-state index contributed by atoms with van der Waals surface area (Å²) in [6.45, 7) is 6.35. The molecule has 0 saturated carbocycles. The predicted octanol–water partition coefficient (Wildman–Crippen LogP) is 0.518. The number of carbonyl (C=O) groups excluding carboxylic acids is 1. The summed E-state index contributed by atoms with van der Waals surface area (Å²) in [5, 5.41) is 11.7. The van der Waals surface area contributed by atoms with Crippen LogP contribution in [-0.4, -0.2) is 42.7 Å². The zero-order valence-electron chi connectivity index (χ0n) is 9.45. The molecular formula is C10H19NO4. The molecule has 1 amide bonds. The molecule has 1 fully saturated rings. The Hall–Kier alpha value is -0.810. The van der Waals surface area contributed by atoms with Gasteiger partial charge in [0.1, 0.15) is 5.60 Å². The smallest absolute Gasteiger partial charge is 0.407 e. The number of rotatable bonds is 2. The molecule has 5 nitrogen and oxygen atoms in total. The highest BCUT2D eigenvalue weighted by Gasteiger charge is 2.30. The number of nitrogens with one attached hydrogen (secondary N) is 1. The molecule has 0 radical (unpaired) electrons. The molecule has 2 atom stereocenters. The van der Waals surface area contributed by atoms with Gasteiger partial charge in [0.05, 0.1) is 25.9 Å². The summed E-state index contributed by atoms with van der Waals surface area (Å²) in [5.74, 6) is -0.0301. The van der Waals surface area contributed by atoms with Crippen molar-refractivity contribution >= 4 is 6.09 Å². The summed E-state index contributed by atoms with van der Waals surface area (Å²) in [4.78, 5) is 11.4. The lowest BCUT2D eigenvalue weighted by molar-refractivity contribution is 0.0485. The van der Waals surface area contributed by atoms with Gasteiger partial charge in [0.15, 0.2) is 0 Å². The normalized spacial score (nSPS) is 26.4. The summed E-state index contributed by atoms with van der Waals surface area (Å²) < 4.78 is 10.3. The van der Waals surface area contributed by atoms with Crippen LogP contribution in [0.5, 0.6) is 0 Å². The van der Waals surface area contributed by atoms with Gasteiger partial charge in [0, 0.05) is 5.92 Å². The lowest BCUT2D eigenvalue weighted by Gasteiger charge is -2.23. The molecule has 0 bridgehead atoms. The summed E-state index contributed by atoms with van der Waals surface area (Å²) in [6, 6.07) is -0.148. The van der Waals surface area contributed by atoms with Gasteiger partial charge >= 0.3 is 6.09 Å². The van der Waals surface area contributed by atoms with Gasteiger partial charge in [-0.15, -0.1) is 0 Å². The Morgan fingerprint density at radius 3 is 2.73 bits per heavy atom. The SMILES string of the molecule is CC(C)(C)OC(=O)N[C@@H]1COC[C@H]1CO. The maximum Gasteiger partial charge on any atom is 0.407 e. The van der Waals surface area contributed by atoms with Gasteiger partial charge in [-0.1, -0.05) is 0 Å². The van der Waals surface area contributed by atoms with E-state index in [4.69, 9.17) is 14.6 Å². The first-order valence-corrected chi connectivity index (χ1v) is 5.10. The molecule has 1 rings (SSSR count). The molecule has 1 heterocycles. The van der Waals surface area contributed by atoms with Crippen LogP contribution in [0.1, 0.15) is 20.8 Å². The van der Waals surface area contributed by atoms with Crippen LogP contribution in [0.15, 0.2) is 0 Å². The van der Waals surface area contributed by atoms with E-state index in [2.05, 4.69) is 5.32 Å². The van der Waals surface area contributed by atoms with Crippen molar-refractivity contribution in [3.05, 3.63) is 0 Å². The van der Waals surface area contributed by atoms with Crippen LogP contribution in [0, 0.1) is 5.92 Å². The minimum absolute atomic E-state index is 0.0143. The fraction of sp³-hybridized carbons (Fsp3) is 0.900. The highest BCUT2D eigenvalue weighted by atomic mass is 16.6. The topological polar surface area (TPSA) is 67.8 Å².